The van der Waals surface area contributed by atoms with Crippen LogP contribution in [0.5, 0.6) is 0 Å². The molecule has 1 aliphatic carbocycles. The Morgan fingerprint density at radius 2 is 2.04 bits per heavy atom. The molecule has 1 N–H and O–H groups in total. The van der Waals surface area contributed by atoms with Crippen LogP contribution in [0.2, 0.25) is 0 Å². The number of carbonyl (C=O) groups excluding carboxylic acids is 1. The average molecular weight is 334 g/mol. The Hall–Kier alpha value is -2.69. The number of hydrogen-bond donors (Lipinski definition) is 1. The summed E-state index contributed by atoms with van der Waals surface area (Å²) in [5.74, 6) is 0.372. The van der Waals surface area contributed by atoms with Crippen molar-refractivity contribution < 1.29 is 4.79 Å². The second kappa shape index (κ2) is 5.99. The third-order valence-electron chi connectivity index (χ3n) is 4.71. The molecule has 0 saturated heterocycles. The third-order valence-corrected chi connectivity index (χ3v) is 4.71. The van der Waals surface area contributed by atoms with Crippen LogP contribution in [0.1, 0.15) is 60.3 Å². The SMILES string of the molecule is Cc1ccccc1NC(=O)c1cc(C2CC2)nc2c1cnn2C(C)C. The molecule has 0 spiro atoms. The van der Waals surface area contributed by atoms with E-state index in [0.717, 1.165) is 40.8 Å². The average Bonchev–Trinajstić information content (AvgIpc) is 3.35. The van der Waals surface area contributed by atoms with Crippen molar-refractivity contribution in [3.05, 3.63) is 53.3 Å². The Morgan fingerprint density at radius 3 is 2.72 bits per heavy atom. The van der Waals surface area contributed by atoms with Crippen molar-refractivity contribution in [3.63, 3.8) is 0 Å². The second-order valence-electron chi connectivity index (χ2n) is 7.06. The second-order valence-corrected chi connectivity index (χ2v) is 7.06. The predicted molar refractivity (Wildman–Crippen MR) is 99.0 cm³/mol. The van der Waals surface area contributed by atoms with Gasteiger partial charge in [0.1, 0.15) is 0 Å². The fourth-order valence-corrected chi connectivity index (χ4v) is 3.09. The van der Waals surface area contributed by atoms with Crippen molar-refractivity contribution in [3.8, 4) is 0 Å². The number of benzene rings is 1. The van der Waals surface area contributed by atoms with E-state index in [2.05, 4.69) is 24.3 Å². The molecule has 2 heterocycles. The Morgan fingerprint density at radius 1 is 1.28 bits per heavy atom. The first-order chi connectivity index (χ1) is 12.0. The Balaban J connectivity index is 1.80. The number of aromatic nitrogens is 3. The fraction of sp³-hybridized carbons (Fsp3) is 0.350. The van der Waals surface area contributed by atoms with Gasteiger partial charge >= 0.3 is 0 Å². The first-order valence-electron chi connectivity index (χ1n) is 8.79. The molecule has 0 unspecified atom stereocenters. The van der Waals surface area contributed by atoms with Gasteiger partial charge in [0.05, 0.1) is 17.1 Å². The zero-order valence-electron chi connectivity index (χ0n) is 14.8. The number of carbonyl (C=O) groups is 1. The van der Waals surface area contributed by atoms with E-state index in [1.807, 2.05) is 41.9 Å². The molecule has 0 aliphatic heterocycles. The number of nitrogens with zero attached hydrogens (tertiary/aromatic N) is 3. The molecule has 2 aromatic heterocycles. The molecule has 0 radical (unpaired) electrons. The lowest BCUT2D eigenvalue weighted by molar-refractivity contribution is 0.102. The van der Waals surface area contributed by atoms with Crippen LogP contribution in [-0.2, 0) is 0 Å². The van der Waals surface area contributed by atoms with Gasteiger partial charge in [0.2, 0.25) is 0 Å². The maximum atomic E-state index is 13.0. The highest BCUT2D eigenvalue weighted by Crippen LogP contribution is 2.40. The summed E-state index contributed by atoms with van der Waals surface area (Å²) in [5.41, 5.74) is 4.34. The summed E-state index contributed by atoms with van der Waals surface area (Å²) in [6, 6.07) is 9.95. The lowest BCUT2D eigenvalue weighted by Crippen LogP contribution is -2.14. The topological polar surface area (TPSA) is 59.8 Å². The summed E-state index contributed by atoms with van der Waals surface area (Å²) in [6.07, 6.45) is 4.05. The molecule has 1 aromatic carbocycles. The molecule has 1 aliphatic rings. The normalized spacial score (nSPS) is 14.2. The summed E-state index contributed by atoms with van der Waals surface area (Å²) >= 11 is 0. The molecule has 1 fully saturated rings. The van der Waals surface area contributed by atoms with E-state index in [4.69, 9.17) is 4.98 Å². The van der Waals surface area contributed by atoms with Crippen molar-refractivity contribution in [2.24, 2.45) is 0 Å². The molecule has 5 heteroatoms. The third kappa shape index (κ3) is 2.90. The first-order valence-corrected chi connectivity index (χ1v) is 8.79. The standard InChI is InChI=1S/C20H22N4O/c1-12(2)24-19-16(11-21-24)15(10-18(22-19)14-8-9-14)20(25)23-17-7-5-4-6-13(17)3/h4-7,10-12,14H,8-9H2,1-3H3,(H,23,25). The number of para-hydroxylation sites is 1. The van der Waals surface area contributed by atoms with E-state index in [9.17, 15) is 4.79 Å². The van der Waals surface area contributed by atoms with Gasteiger partial charge in [0.15, 0.2) is 5.65 Å². The number of nitrogens with one attached hydrogen (secondary N) is 1. The van der Waals surface area contributed by atoms with E-state index in [1.165, 1.54) is 0 Å². The number of rotatable bonds is 4. The number of anilines is 1. The van der Waals surface area contributed by atoms with Crippen LogP contribution in [0.3, 0.4) is 0 Å². The van der Waals surface area contributed by atoms with Gasteiger partial charge in [-0.25, -0.2) is 9.67 Å². The molecular formula is C20H22N4O. The monoisotopic (exact) mass is 334 g/mol. The van der Waals surface area contributed by atoms with Gasteiger partial charge in [-0.2, -0.15) is 5.10 Å². The van der Waals surface area contributed by atoms with Gasteiger partial charge in [-0.15, -0.1) is 0 Å². The summed E-state index contributed by atoms with van der Waals surface area (Å²) in [7, 11) is 0. The van der Waals surface area contributed by atoms with Gasteiger partial charge in [-0.05, 0) is 51.3 Å². The van der Waals surface area contributed by atoms with E-state index in [1.54, 1.807) is 6.20 Å². The van der Waals surface area contributed by atoms with Crippen LogP contribution in [0.15, 0.2) is 36.5 Å². The molecule has 128 valence electrons. The van der Waals surface area contributed by atoms with Crippen LogP contribution < -0.4 is 5.32 Å². The molecule has 5 nitrogen and oxygen atoms in total. The molecule has 0 bridgehead atoms. The van der Waals surface area contributed by atoms with Gasteiger partial charge < -0.3 is 5.32 Å². The highest BCUT2D eigenvalue weighted by atomic mass is 16.1. The molecule has 1 saturated carbocycles. The number of aryl methyl sites for hydroxylation is 1. The quantitative estimate of drug-likeness (QED) is 0.767. The van der Waals surface area contributed by atoms with Crippen LogP contribution in [0.4, 0.5) is 5.69 Å². The molecule has 1 amide bonds. The lowest BCUT2D eigenvalue weighted by Gasteiger charge is -2.11. The van der Waals surface area contributed by atoms with Crippen LogP contribution in [0, 0.1) is 6.92 Å². The number of fused-ring (bicyclic) bond motifs is 1. The van der Waals surface area contributed by atoms with E-state index >= 15 is 0 Å². The van der Waals surface area contributed by atoms with E-state index < -0.39 is 0 Å². The summed E-state index contributed by atoms with van der Waals surface area (Å²) in [5, 5.41) is 8.31. The lowest BCUT2D eigenvalue weighted by atomic mass is 10.1. The molecule has 4 rings (SSSR count). The molecular weight excluding hydrogens is 312 g/mol. The minimum Gasteiger partial charge on any atom is -0.322 e. The van der Waals surface area contributed by atoms with Crippen molar-refractivity contribution >= 4 is 22.6 Å². The van der Waals surface area contributed by atoms with Crippen molar-refractivity contribution in [2.45, 2.75) is 45.6 Å². The smallest absolute Gasteiger partial charge is 0.256 e. The zero-order valence-corrected chi connectivity index (χ0v) is 14.8. The minimum atomic E-state index is -0.105. The predicted octanol–water partition coefficient (Wildman–Crippen LogP) is 4.45. The molecule has 25 heavy (non-hydrogen) atoms. The van der Waals surface area contributed by atoms with Gasteiger partial charge in [0.25, 0.3) is 5.91 Å². The summed E-state index contributed by atoms with van der Waals surface area (Å²) in [6.45, 7) is 6.14. The minimum absolute atomic E-state index is 0.105. The van der Waals surface area contributed by atoms with E-state index in [0.29, 0.717) is 11.5 Å². The van der Waals surface area contributed by atoms with Crippen LogP contribution in [-0.4, -0.2) is 20.7 Å². The molecule has 0 atom stereocenters. The highest BCUT2D eigenvalue weighted by Gasteiger charge is 2.28. The van der Waals surface area contributed by atoms with Crippen molar-refractivity contribution in [1.82, 2.24) is 14.8 Å². The van der Waals surface area contributed by atoms with E-state index in [-0.39, 0.29) is 11.9 Å². The Kier molecular flexibility index (Phi) is 3.79. The first kappa shape index (κ1) is 15.8. The number of hydrogen-bond acceptors (Lipinski definition) is 3. The fourth-order valence-electron chi connectivity index (χ4n) is 3.09. The summed E-state index contributed by atoms with van der Waals surface area (Å²) in [4.78, 5) is 17.8. The highest BCUT2D eigenvalue weighted by molar-refractivity contribution is 6.12. The number of pyridine rings is 1. The van der Waals surface area contributed by atoms with Crippen LogP contribution in [0.25, 0.3) is 11.0 Å². The van der Waals surface area contributed by atoms with Crippen LogP contribution >= 0.6 is 0 Å². The molecule has 3 aromatic rings. The zero-order chi connectivity index (χ0) is 17.6. The summed E-state index contributed by atoms with van der Waals surface area (Å²) < 4.78 is 1.89. The Labute approximate surface area is 147 Å². The largest absolute Gasteiger partial charge is 0.322 e. The number of amides is 1. The van der Waals surface area contributed by atoms with Gasteiger partial charge in [-0.1, -0.05) is 18.2 Å². The maximum Gasteiger partial charge on any atom is 0.256 e. The van der Waals surface area contributed by atoms with Gasteiger partial charge in [0, 0.05) is 23.3 Å². The van der Waals surface area contributed by atoms with Crippen molar-refractivity contribution in [1.29, 1.82) is 0 Å². The van der Waals surface area contributed by atoms with Crippen molar-refractivity contribution in [2.75, 3.05) is 5.32 Å². The maximum absolute atomic E-state index is 13.0. The van der Waals surface area contributed by atoms with Gasteiger partial charge in [-0.3, -0.25) is 4.79 Å². The Bertz CT molecular complexity index is 953.